The molecule has 0 radical (unpaired) electrons. The Bertz CT molecular complexity index is 659. The van der Waals surface area contributed by atoms with Crippen LogP contribution in [-0.4, -0.2) is 52.2 Å². The Morgan fingerprint density at radius 1 is 1.48 bits per heavy atom. The van der Waals surface area contributed by atoms with Gasteiger partial charge < -0.3 is 14.8 Å². The molecular weight excluding hydrogens is 310 g/mol. The van der Waals surface area contributed by atoms with Gasteiger partial charge in [0.25, 0.3) is 0 Å². The summed E-state index contributed by atoms with van der Waals surface area (Å²) in [5.41, 5.74) is 2.97. The number of aromatic nitrogens is 2. The molecule has 6 heteroatoms. The first-order valence-electron chi connectivity index (χ1n) is 7.87. The van der Waals surface area contributed by atoms with Gasteiger partial charge in [-0.2, -0.15) is 11.8 Å². The number of ether oxygens (including phenoxy) is 1. The van der Waals surface area contributed by atoms with Crippen LogP contribution in [0.4, 0.5) is 0 Å². The third-order valence-electron chi connectivity index (χ3n) is 4.36. The number of hydrogen-bond acceptors (Lipinski definition) is 5. The van der Waals surface area contributed by atoms with E-state index in [1.165, 1.54) is 0 Å². The van der Waals surface area contributed by atoms with E-state index in [-0.39, 0.29) is 11.8 Å². The van der Waals surface area contributed by atoms with Crippen LogP contribution in [0.25, 0.3) is 0 Å². The van der Waals surface area contributed by atoms with Crippen molar-refractivity contribution in [1.82, 2.24) is 14.9 Å². The van der Waals surface area contributed by atoms with E-state index < -0.39 is 0 Å². The molecular formula is C17H23N3O2S. The number of phenolic OH excluding ortho intramolecular Hbond substituents is 1. The van der Waals surface area contributed by atoms with Crippen LogP contribution < -0.4 is 4.74 Å². The zero-order chi connectivity index (χ0) is 16.2. The second-order valence-electron chi connectivity index (χ2n) is 5.69. The number of aromatic hydroxyl groups is 1. The summed E-state index contributed by atoms with van der Waals surface area (Å²) >= 11 is 1.86. The molecule has 0 saturated carbocycles. The van der Waals surface area contributed by atoms with Crippen molar-refractivity contribution >= 4 is 11.8 Å². The summed E-state index contributed by atoms with van der Waals surface area (Å²) in [6, 6.07) is 5.36. The number of thioether (sulfide) groups is 1. The molecule has 1 aliphatic rings. The molecule has 1 aliphatic heterocycles. The number of rotatable bonds is 6. The van der Waals surface area contributed by atoms with E-state index >= 15 is 0 Å². The van der Waals surface area contributed by atoms with Crippen LogP contribution in [-0.2, 0) is 6.42 Å². The van der Waals surface area contributed by atoms with Gasteiger partial charge in [0.05, 0.1) is 30.7 Å². The first-order chi connectivity index (χ1) is 11.3. The summed E-state index contributed by atoms with van der Waals surface area (Å²) in [5.74, 6) is 2.11. The number of nitrogens with zero attached hydrogens (tertiary/aromatic N) is 2. The number of benzene rings is 1. The van der Waals surface area contributed by atoms with Crippen LogP contribution in [0.3, 0.4) is 0 Å². The molecule has 1 unspecified atom stereocenters. The standard InChI is InChI=1S/C17H23N3O2S/c1-22-14-6-3-5-13(21)15(14)17-16-12(18-11-19-16)7-9-20(17)8-4-10-23-2/h3,5-6,11,17,21H,4,7-10H2,1-2H3,(H,18,19). The fraction of sp³-hybridized carbons (Fsp3) is 0.471. The lowest BCUT2D eigenvalue weighted by molar-refractivity contribution is 0.203. The molecule has 0 saturated heterocycles. The van der Waals surface area contributed by atoms with E-state index in [0.717, 1.165) is 48.6 Å². The highest BCUT2D eigenvalue weighted by Gasteiger charge is 2.34. The average molecular weight is 333 g/mol. The molecule has 23 heavy (non-hydrogen) atoms. The monoisotopic (exact) mass is 333 g/mol. The zero-order valence-corrected chi connectivity index (χ0v) is 14.4. The minimum absolute atomic E-state index is 0.0667. The number of hydrogen-bond donors (Lipinski definition) is 2. The highest BCUT2D eigenvalue weighted by atomic mass is 32.2. The lowest BCUT2D eigenvalue weighted by Gasteiger charge is -2.36. The van der Waals surface area contributed by atoms with Gasteiger partial charge in [-0.3, -0.25) is 4.90 Å². The van der Waals surface area contributed by atoms with Crippen LogP contribution in [0.5, 0.6) is 11.5 Å². The van der Waals surface area contributed by atoms with Gasteiger partial charge in [-0.1, -0.05) is 6.07 Å². The molecule has 0 amide bonds. The van der Waals surface area contributed by atoms with E-state index in [2.05, 4.69) is 21.1 Å². The molecule has 1 aromatic carbocycles. The van der Waals surface area contributed by atoms with Crippen LogP contribution in [0.1, 0.15) is 29.4 Å². The van der Waals surface area contributed by atoms with E-state index in [4.69, 9.17) is 4.74 Å². The Balaban J connectivity index is 2.01. The predicted molar refractivity (Wildman–Crippen MR) is 93.4 cm³/mol. The summed E-state index contributed by atoms with van der Waals surface area (Å²) in [5, 5.41) is 10.5. The summed E-state index contributed by atoms with van der Waals surface area (Å²) in [4.78, 5) is 10.2. The van der Waals surface area contributed by atoms with Gasteiger partial charge in [0.1, 0.15) is 11.5 Å². The quantitative estimate of drug-likeness (QED) is 0.796. The number of nitrogens with one attached hydrogen (secondary N) is 1. The molecule has 1 atom stereocenters. The minimum atomic E-state index is -0.0667. The normalized spacial score (nSPS) is 17.9. The van der Waals surface area contributed by atoms with Crippen LogP contribution in [0.15, 0.2) is 24.5 Å². The van der Waals surface area contributed by atoms with Gasteiger partial charge in [-0.05, 0) is 37.1 Å². The Kier molecular flexibility index (Phi) is 5.13. The first kappa shape index (κ1) is 16.2. The average Bonchev–Trinajstić information content (AvgIpc) is 3.04. The maximum Gasteiger partial charge on any atom is 0.127 e. The number of imidazole rings is 1. The SMILES string of the molecule is COc1cccc(O)c1C1c2nc[nH]c2CCN1CCCSC. The van der Waals surface area contributed by atoms with E-state index in [0.29, 0.717) is 5.75 Å². The maximum absolute atomic E-state index is 10.5. The number of fused-ring (bicyclic) bond motifs is 1. The van der Waals surface area contributed by atoms with Crippen molar-refractivity contribution < 1.29 is 9.84 Å². The molecule has 0 bridgehead atoms. The minimum Gasteiger partial charge on any atom is -0.507 e. The first-order valence-corrected chi connectivity index (χ1v) is 9.26. The van der Waals surface area contributed by atoms with Gasteiger partial charge in [-0.15, -0.1) is 0 Å². The largest absolute Gasteiger partial charge is 0.507 e. The molecule has 0 aliphatic carbocycles. The summed E-state index contributed by atoms with van der Waals surface area (Å²) in [6.07, 6.45) is 5.95. The van der Waals surface area contributed by atoms with Crippen molar-refractivity contribution in [3.05, 3.63) is 41.5 Å². The van der Waals surface area contributed by atoms with E-state index in [9.17, 15) is 5.11 Å². The van der Waals surface area contributed by atoms with E-state index in [1.807, 2.05) is 23.9 Å². The fourth-order valence-corrected chi connectivity index (χ4v) is 3.70. The lowest BCUT2D eigenvalue weighted by atomic mass is 9.94. The lowest BCUT2D eigenvalue weighted by Crippen LogP contribution is -2.37. The third kappa shape index (κ3) is 3.19. The van der Waals surface area contributed by atoms with Crippen molar-refractivity contribution in [2.75, 3.05) is 32.2 Å². The Morgan fingerprint density at radius 3 is 3.13 bits per heavy atom. The molecule has 0 spiro atoms. The van der Waals surface area contributed by atoms with Gasteiger partial charge in [0.2, 0.25) is 0 Å². The number of methoxy groups -OCH3 is 1. The smallest absolute Gasteiger partial charge is 0.127 e. The van der Waals surface area contributed by atoms with Crippen molar-refractivity contribution in [2.45, 2.75) is 18.9 Å². The fourth-order valence-electron chi connectivity index (χ4n) is 3.28. The molecule has 5 nitrogen and oxygen atoms in total. The van der Waals surface area contributed by atoms with Gasteiger partial charge in [-0.25, -0.2) is 4.98 Å². The molecule has 0 fully saturated rings. The zero-order valence-electron chi connectivity index (χ0n) is 13.6. The topological polar surface area (TPSA) is 61.4 Å². The van der Waals surface area contributed by atoms with Crippen molar-refractivity contribution in [3.8, 4) is 11.5 Å². The van der Waals surface area contributed by atoms with Gasteiger partial charge in [0.15, 0.2) is 0 Å². The maximum atomic E-state index is 10.5. The number of H-pyrrole nitrogens is 1. The van der Waals surface area contributed by atoms with Crippen LogP contribution in [0.2, 0.25) is 0 Å². The molecule has 3 rings (SSSR count). The number of phenols is 1. The number of aromatic amines is 1. The highest BCUT2D eigenvalue weighted by Crippen LogP contribution is 2.42. The Hall–Kier alpha value is -1.66. The summed E-state index contributed by atoms with van der Waals surface area (Å²) in [6.45, 7) is 1.93. The molecule has 2 heterocycles. The Morgan fingerprint density at radius 2 is 2.35 bits per heavy atom. The van der Waals surface area contributed by atoms with Crippen molar-refractivity contribution in [1.29, 1.82) is 0 Å². The van der Waals surface area contributed by atoms with Crippen molar-refractivity contribution in [2.24, 2.45) is 0 Å². The van der Waals surface area contributed by atoms with E-state index in [1.54, 1.807) is 19.5 Å². The van der Waals surface area contributed by atoms with Crippen molar-refractivity contribution in [3.63, 3.8) is 0 Å². The highest BCUT2D eigenvalue weighted by molar-refractivity contribution is 7.98. The van der Waals surface area contributed by atoms with Crippen LogP contribution >= 0.6 is 11.8 Å². The molecule has 124 valence electrons. The van der Waals surface area contributed by atoms with Gasteiger partial charge in [0, 0.05) is 18.7 Å². The van der Waals surface area contributed by atoms with Crippen LogP contribution in [0, 0.1) is 0 Å². The summed E-state index contributed by atoms with van der Waals surface area (Å²) < 4.78 is 5.52. The van der Waals surface area contributed by atoms with Gasteiger partial charge >= 0.3 is 0 Å². The molecule has 2 aromatic rings. The second-order valence-corrected chi connectivity index (χ2v) is 6.68. The third-order valence-corrected chi connectivity index (χ3v) is 5.05. The second kappa shape index (κ2) is 7.27. The molecule has 2 N–H and O–H groups in total. The predicted octanol–water partition coefficient (Wildman–Crippen LogP) is 2.82. The summed E-state index contributed by atoms with van der Waals surface area (Å²) in [7, 11) is 1.64. The Labute approximate surface area is 141 Å². The molecule has 1 aromatic heterocycles.